The summed E-state index contributed by atoms with van der Waals surface area (Å²) in [5.41, 5.74) is 2.43. The lowest BCUT2D eigenvalue weighted by molar-refractivity contribution is -0.120. The molecule has 1 saturated heterocycles. The summed E-state index contributed by atoms with van der Waals surface area (Å²) in [7, 11) is 0. The van der Waals surface area contributed by atoms with Crippen LogP contribution in [0.5, 0.6) is 0 Å². The molecule has 1 aromatic carbocycles. The highest BCUT2D eigenvalue weighted by atomic mass is 16.2. The van der Waals surface area contributed by atoms with Crippen molar-refractivity contribution in [3.05, 3.63) is 47.9 Å². The molecule has 4 rings (SSSR count). The molecular weight excluding hydrogens is 340 g/mol. The molecule has 1 aliphatic heterocycles. The van der Waals surface area contributed by atoms with Gasteiger partial charge in [0.15, 0.2) is 5.78 Å². The first-order valence-corrected chi connectivity index (χ1v) is 9.59. The van der Waals surface area contributed by atoms with Crippen LogP contribution in [0.2, 0.25) is 0 Å². The fourth-order valence-corrected chi connectivity index (χ4v) is 3.57. The van der Waals surface area contributed by atoms with E-state index in [9.17, 15) is 9.59 Å². The summed E-state index contributed by atoms with van der Waals surface area (Å²) in [5.74, 6) is 1.58. The SMILES string of the molecule is CC(=O)c1cccc(NC(=O)C2CCN(c3cc(C4CC4)ncn3)CC2)c1. The highest BCUT2D eigenvalue weighted by Gasteiger charge is 2.28. The van der Waals surface area contributed by atoms with Crippen LogP contribution >= 0.6 is 0 Å². The summed E-state index contributed by atoms with van der Waals surface area (Å²) in [6.45, 7) is 3.15. The lowest BCUT2D eigenvalue weighted by Gasteiger charge is -2.32. The van der Waals surface area contributed by atoms with E-state index >= 15 is 0 Å². The van der Waals surface area contributed by atoms with Gasteiger partial charge in [0.05, 0.1) is 0 Å². The Morgan fingerprint density at radius 3 is 2.56 bits per heavy atom. The highest BCUT2D eigenvalue weighted by molar-refractivity contribution is 5.97. The van der Waals surface area contributed by atoms with Crippen LogP contribution in [-0.4, -0.2) is 34.7 Å². The summed E-state index contributed by atoms with van der Waals surface area (Å²) < 4.78 is 0. The average Bonchev–Trinajstić information content (AvgIpc) is 3.54. The lowest BCUT2D eigenvalue weighted by atomic mass is 9.95. The van der Waals surface area contributed by atoms with E-state index in [1.54, 1.807) is 24.5 Å². The fraction of sp³-hybridized carbons (Fsp3) is 0.429. The van der Waals surface area contributed by atoms with Crippen LogP contribution < -0.4 is 10.2 Å². The number of carbonyl (C=O) groups is 2. The van der Waals surface area contributed by atoms with Gasteiger partial charge in [-0.3, -0.25) is 9.59 Å². The van der Waals surface area contributed by atoms with Gasteiger partial charge in [0.25, 0.3) is 0 Å². The molecule has 0 bridgehead atoms. The molecule has 2 heterocycles. The van der Waals surface area contributed by atoms with Gasteiger partial charge in [-0.05, 0) is 44.7 Å². The fourth-order valence-electron chi connectivity index (χ4n) is 3.57. The number of benzene rings is 1. The Balaban J connectivity index is 1.34. The van der Waals surface area contributed by atoms with Gasteiger partial charge in [-0.1, -0.05) is 12.1 Å². The summed E-state index contributed by atoms with van der Waals surface area (Å²) in [6.07, 6.45) is 5.69. The zero-order chi connectivity index (χ0) is 18.8. The Kier molecular flexibility index (Phi) is 4.88. The van der Waals surface area contributed by atoms with Crippen LogP contribution in [0, 0.1) is 5.92 Å². The van der Waals surface area contributed by atoms with Crippen molar-refractivity contribution in [1.29, 1.82) is 0 Å². The minimum atomic E-state index is -0.0213. The molecule has 140 valence electrons. The van der Waals surface area contributed by atoms with Gasteiger partial charge in [0.2, 0.25) is 5.91 Å². The maximum absolute atomic E-state index is 12.6. The standard InChI is InChI=1S/C21H24N4O2/c1-14(26)17-3-2-4-18(11-17)24-21(27)16-7-9-25(10-8-16)20-12-19(15-5-6-15)22-13-23-20/h2-4,11-13,15-16H,5-10H2,1H3,(H,24,27). The Bertz CT molecular complexity index is 855. The second kappa shape index (κ2) is 7.47. The number of ketones is 1. The molecule has 2 aromatic rings. The van der Waals surface area contributed by atoms with Gasteiger partial charge >= 0.3 is 0 Å². The molecule has 0 unspecified atom stereocenters. The first kappa shape index (κ1) is 17.6. The van der Waals surface area contributed by atoms with E-state index in [4.69, 9.17) is 0 Å². The Hall–Kier alpha value is -2.76. The monoisotopic (exact) mass is 364 g/mol. The maximum Gasteiger partial charge on any atom is 0.227 e. The molecule has 1 amide bonds. The van der Waals surface area contributed by atoms with E-state index < -0.39 is 0 Å². The van der Waals surface area contributed by atoms with E-state index in [1.165, 1.54) is 19.8 Å². The number of anilines is 2. The number of aromatic nitrogens is 2. The molecular formula is C21H24N4O2. The summed E-state index contributed by atoms with van der Waals surface area (Å²) in [6, 6.07) is 9.20. The normalized spacial score (nSPS) is 17.6. The number of nitrogens with one attached hydrogen (secondary N) is 1. The van der Waals surface area contributed by atoms with Crippen LogP contribution in [0.3, 0.4) is 0 Å². The number of carbonyl (C=O) groups excluding carboxylic acids is 2. The van der Waals surface area contributed by atoms with Crippen molar-refractivity contribution < 1.29 is 9.59 Å². The number of hydrogen-bond acceptors (Lipinski definition) is 5. The first-order chi connectivity index (χ1) is 13.1. The predicted octanol–water partition coefficient (Wildman–Crippen LogP) is 3.41. The number of piperidine rings is 1. The summed E-state index contributed by atoms with van der Waals surface area (Å²) >= 11 is 0. The number of Topliss-reactive ketones (excluding diaryl/α,β-unsaturated/α-hetero) is 1. The Morgan fingerprint density at radius 2 is 1.85 bits per heavy atom. The van der Waals surface area contributed by atoms with Crippen molar-refractivity contribution >= 4 is 23.2 Å². The van der Waals surface area contributed by atoms with Crippen LogP contribution in [0.25, 0.3) is 0 Å². The summed E-state index contributed by atoms with van der Waals surface area (Å²) in [5, 5.41) is 2.96. The van der Waals surface area contributed by atoms with Crippen molar-refractivity contribution in [2.45, 2.75) is 38.5 Å². The zero-order valence-electron chi connectivity index (χ0n) is 15.5. The minimum Gasteiger partial charge on any atom is -0.356 e. The molecule has 0 atom stereocenters. The smallest absolute Gasteiger partial charge is 0.227 e. The largest absolute Gasteiger partial charge is 0.356 e. The minimum absolute atomic E-state index is 0.00479. The van der Waals surface area contributed by atoms with E-state index in [0.717, 1.165) is 37.4 Å². The van der Waals surface area contributed by atoms with Crippen molar-refractivity contribution in [3.63, 3.8) is 0 Å². The van der Waals surface area contributed by atoms with Crippen LogP contribution in [-0.2, 0) is 4.79 Å². The molecule has 1 N–H and O–H groups in total. The maximum atomic E-state index is 12.6. The van der Waals surface area contributed by atoms with E-state index in [0.29, 0.717) is 17.2 Å². The van der Waals surface area contributed by atoms with Gasteiger partial charge in [0.1, 0.15) is 12.1 Å². The van der Waals surface area contributed by atoms with Gasteiger partial charge in [-0.25, -0.2) is 9.97 Å². The zero-order valence-corrected chi connectivity index (χ0v) is 15.5. The summed E-state index contributed by atoms with van der Waals surface area (Å²) in [4.78, 5) is 35.1. The van der Waals surface area contributed by atoms with Gasteiger partial charge < -0.3 is 10.2 Å². The van der Waals surface area contributed by atoms with Crippen LogP contribution in [0.1, 0.15) is 54.6 Å². The number of amides is 1. The molecule has 0 radical (unpaired) electrons. The van der Waals surface area contributed by atoms with Crippen molar-refractivity contribution in [3.8, 4) is 0 Å². The molecule has 27 heavy (non-hydrogen) atoms. The van der Waals surface area contributed by atoms with Crippen molar-refractivity contribution in [2.24, 2.45) is 5.92 Å². The van der Waals surface area contributed by atoms with Crippen molar-refractivity contribution in [1.82, 2.24) is 9.97 Å². The van der Waals surface area contributed by atoms with E-state index in [-0.39, 0.29) is 17.6 Å². The molecule has 1 saturated carbocycles. The highest BCUT2D eigenvalue weighted by Crippen LogP contribution is 2.39. The topological polar surface area (TPSA) is 75.2 Å². The Morgan fingerprint density at radius 1 is 1.07 bits per heavy atom. The molecule has 1 aromatic heterocycles. The van der Waals surface area contributed by atoms with E-state index in [2.05, 4.69) is 26.3 Å². The van der Waals surface area contributed by atoms with Crippen molar-refractivity contribution in [2.75, 3.05) is 23.3 Å². The predicted molar refractivity (Wildman–Crippen MR) is 104 cm³/mol. The second-order valence-electron chi connectivity index (χ2n) is 7.46. The van der Waals surface area contributed by atoms with Gasteiger partial charge in [-0.2, -0.15) is 0 Å². The number of nitrogens with zero attached hydrogens (tertiary/aromatic N) is 3. The molecule has 6 heteroatoms. The third-order valence-corrected chi connectivity index (χ3v) is 5.40. The Labute approximate surface area is 159 Å². The quantitative estimate of drug-likeness (QED) is 0.823. The third-order valence-electron chi connectivity index (χ3n) is 5.40. The van der Waals surface area contributed by atoms with Crippen LogP contribution in [0.15, 0.2) is 36.7 Å². The number of rotatable bonds is 5. The number of hydrogen-bond donors (Lipinski definition) is 1. The average molecular weight is 364 g/mol. The molecule has 1 aliphatic carbocycles. The second-order valence-corrected chi connectivity index (χ2v) is 7.46. The lowest BCUT2D eigenvalue weighted by Crippen LogP contribution is -2.38. The van der Waals surface area contributed by atoms with Gasteiger partial charge in [-0.15, -0.1) is 0 Å². The van der Waals surface area contributed by atoms with Gasteiger partial charge in [0, 0.05) is 47.9 Å². The molecule has 2 aliphatic rings. The first-order valence-electron chi connectivity index (χ1n) is 9.59. The third kappa shape index (κ3) is 4.15. The van der Waals surface area contributed by atoms with Crippen LogP contribution in [0.4, 0.5) is 11.5 Å². The van der Waals surface area contributed by atoms with E-state index in [1.807, 2.05) is 6.07 Å². The molecule has 0 spiro atoms. The molecule has 2 fully saturated rings. The molecule has 6 nitrogen and oxygen atoms in total.